The Kier molecular flexibility index (Phi) is 6.81. The predicted octanol–water partition coefficient (Wildman–Crippen LogP) is 3.15. The van der Waals surface area contributed by atoms with Crippen LogP contribution in [0.4, 0.5) is 0 Å². The van der Waals surface area contributed by atoms with Gasteiger partial charge in [0, 0.05) is 19.1 Å². The summed E-state index contributed by atoms with van der Waals surface area (Å²) in [5, 5.41) is 6.83. The Balaban J connectivity index is 0.00000256. The van der Waals surface area contributed by atoms with Crippen LogP contribution in [0.1, 0.15) is 53.4 Å². The Labute approximate surface area is 123 Å². The van der Waals surface area contributed by atoms with E-state index in [-0.39, 0.29) is 29.5 Å². The molecule has 0 heterocycles. The number of rotatable bonds is 2. The number of nitrogens with one attached hydrogen (secondary N) is 2. The lowest BCUT2D eigenvalue weighted by Gasteiger charge is -2.28. The quantitative estimate of drug-likeness (QED) is 0.455. The van der Waals surface area contributed by atoms with Crippen molar-refractivity contribution in [2.45, 2.75) is 58.9 Å². The smallest absolute Gasteiger partial charge is 0.191 e. The molecule has 1 fully saturated rings. The van der Waals surface area contributed by atoms with E-state index in [0.717, 1.165) is 12.5 Å². The second-order valence-electron chi connectivity index (χ2n) is 6.32. The van der Waals surface area contributed by atoms with E-state index < -0.39 is 0 Å². The van der Waals surface area contributed by atoms with Crippen molar-refractivity contribution in [2.75, 3.05) is 13.6 Å². The SMILES string of the molecule is CN=C(NCC1(C)CCCC1)NC(C)(C)C.I. The molecule has 1 aliphatic rings. The summed E-state index contributed by atoms with van der Waals surface area (Å²) in [5.74, 6) is 0.917. The molecule has 4 heteroatoms. The van der Waals surface area contributed by atoms with Gasteiger partial charge < -0.3 is 10.6 Å². The molecular formula is C13H28IN3. The van der Waals surface area contributed by atoms with Gasteiger partial charge in [-0.3, -0.25) is 4.99 Å². The lowest BCUT2D eigenvalue weighted by molar-refractivity contribution is 0.332. The van der Waals surface area contributed by atoms with Gasteiger partial charge in [-0.15, -0.1) is 24.0 Å². The Hall–Kier alpha value is 0. The van der Waals surface area contributed by atoms with Crippen LogP contribution in [0.25, 0.3) is 0 Å². The van der Waals surface area contributed by atoms with Gasteiger partial charge in [0.05, 0.1) is 0 Å². The fourth-order valence-corrected chi connectivity index (χ4v) is 2.24. The highest BCUT2D eigenvalue weighted by Crippen LogP contribution is 2.36. The minimum absolute atomic E-state index is 0. The van der Waals surface area contributed by atoms with Crippen LogP contribution in [-0.2, 0) is 0 Å². The second-order valence-corrected chi connectivity index (χ2v) is 6.32. The summed E-state index contributed by atoms with van der Waals surface area (Å²) in [7, 11) is 1.83. The molecular weight excluding hydrogens is 325 g/mol. The van der Waals surface area contributed by atoms with Gasteiger partial charge in [0.1, 0.15) is 0 Å². The van der Waals surface area contributed by atoms with Crippen molar-refractivity contribution in [2.24, 2.45) is 10.4 Å². The minimum atomic E-state index is 0. The zero-order chi connectivity index (χ0) is 12.2. The zero-order valence-corrected chi connectivity index (χ0v) is 14.2. The molecule has 1 aliphatic carbocycles. The molecule has 0 unspecified atom stereocenters. The maximum atomic E-state index is 4.26. The third kappa shape index (κ3) is 6.48. The predicted molar refractivity (Wildman–Crippen MR) is 86.2 cm³/mol. The lowest BCUT2D eigenvalue weighted by atomic mass is 9.89. The van der Waals surface area contributed by atoms with Crippen molar-refractivity contribution in [3.63, 3.8) is 0 Å². The third-order valence-corrected chi connectivity index (χ3v) is 3.21. The number of guanidine groups is 1. The molecule has 1 saturated carbocycles. The second kappa shape index (κ2) is 6.81. The van der Waals surface area contributed by atoms with Gasteiger partial charge in [-0.25, -0.2) is 0 Å². The van der Waals surface area contributed by atoms with Gasteiger partial charge in [-0.2, -0.15) is 0 Å². The normalized spacial score (nSPS) is 19.7. The number of aliphatic imine (C=N–C) groups is 1. The maximum absolute atomic E-state index is 4.26. The summed E-state index contributed by atoms with van der Waals surface area (Å²) in [6.07, 6.45) is 5.44. The molecule has 0 aromatic rings. The first-order valence-electron chi connectivity index (χ1n) is 6.34. The monoisotopic (exact) mass is 353 g/mol. The molecule has 0 radical (unpaired) electrons. The van der Waals surface area contributed by atoms with Gasteiger partial charge >= 0.3 is 0 Å². The molecule has 0 spiro atoms. The zero-order valence-electron chi connectivity index (χ0n) is 11.9. The average Bonchev–Trinajstić information content (AvgIpc) is 2.58. The topological polar surface area (TPSA) is 36.4 Å². The van der Waals surface area contributed by atoms with E-state index in [4.69, 9.17) is 0 Å². The van der Waals surface area contributed by atoms with Gasteiger partial charge in [0.15, 0.2) is 5.96 Å². The molecule has 0 aliphatic heterocycles. The molecule has 0 atom stereocenters. The summed E-state index contributed by atoms with van der Waals surface area (Å²) in [4.78, 5) is 4.26. The Morgan fingerprint density at radius 1 is 1.24 bits per heavy atom. The molecule has 1 rings (SSSR count). The fourth-order valence-electron chi connectivity index (χ4n) is 2.24. The van der Waals surface area contributed by atoms with Crippen LogP contribution in [0.3, 0.4) is 0 Å². The molecule has 0 aromatic heterocycles. The molecule has 102 valence electrons. The van der Waals surface area contributed by atoms with Crippen LogP contribution < -0.4 is 10.6 Å². The highest BCUT2D eigenvalue weighted by Gasteiger charge is 2.28. The standard InChI is InChI=1S/C13H27N3.HI/c1-12(2,3)16-11(14-5)15-10-13(4)8-6-7-9-13;/h6-10H2,1-5H3,(H2,14,15,16);1H. The summed E-state index contributed by atoms with van der Waals surface area (Å²) in [6.45, 7) is 9.85. The van der Waals surface area contributed by atoms with E-state index in [2.05, 4.69) is 43.3 Å². The van der Waals surface area contributed by atoms with Crippen LogP contribution in [0.15, 0.2) is 4.99 Å². The number of hydrogen-bond acceptors (Lipinski definition) is 1. The number of nitrogens with zero attached hydrogens (tertiary/aromatic N) is 1. The van der Waals surface area contributed by atoms with Crippen LogP contribution in [-0.4, -0.2) is 25.1 Å². The Morgan fingerprint density at radius 3 is 2.18 bits per heavy atom. The van der Waals surface area contributed by atoms with E-state index in [0.29, 0.717) is 5.41 Å². The van der Waals surface area contributed by atoms with Crippen molar-refractivity contribution in [3.8, 4) is 0 Å². The first-order chi connectivity index (χ1) is 7.35. The molecule has 2 N–H and O–H groups in total. The highest BCUT2D eigenvalue weighted by atomic mass is 127. The number of halogens is 1. The van der Waals surface area contributed by atoms with E-state index >= 15 is 0 Å². The first-order valence-corrected chi connectivity index (χ1v) is 6.34. The van der Waals surface area contributed by atoms with Gasteiger partial charge in [0.25, 0.3) is 0 Å². The van der Waals surface area contributed by atoms with E-state index in [1.54, 1.807) is 0 Å². The molecule has 0 amide bonds. The van der Waals surface area contributed by atoms with Gasteiger partial charge in [-0.05, 0) is 39.0 Å². The minimum Gasteiger partial charge on any atom is -0.356 e. The van der Waals surface area contributed by atoms with Crippen molar-refractivity contribution in [1.29, 1.82) is 0 Å². The highest BCUT2D eigenvalue weighted by molar-refractivity contribution is 14.0. The van der Waals surface area contributed by atoms with Crippen molar-refractivity contribution >= 4 is 29.9 Å². The van der Waals surface area contributed by atoms with Gasteiger partial charge in [0.2, 0.25) is 0 Å². The molecule has 17 heavy (non-hydrogen) atoms. The maximum Gasteiger partial charge on any atom is 0.191 e. The van der Waals surface area contributed by atoms with Crippen LogP contribution in [0.5, 0.6) is 0 Å². The number of hydrogen-bond donors (Lipinski definition) is 2. The Bertz CT molecular complexity index is 250. The summed E-state index contributed by atoms with van der Waals surface area (Å²) in [5.41, 5.74) is 0.536. The summed E-state index contributed by atoms with van der Waals surface area (Å²) >= 11 is 0. The lowest BCUT2D eigenvalue weighted by Crippen LogP contribution is -2.49. The van der Waals surface area contributed by atoms with Crippen LogP contribution in [0.2, 0.25) is 0 Å². The third-order valence-electron chi connectivity index (χ3n) is 3.21. The van der Waals surface area contributed by atoms with Crippen LogP contribution >= 0.6 is 24.0 Å². The van der Waals surface area contributed by atoms with Crippen molar-refractivity contribution in [3.05, 3.63) is 0 Å². The van der Waals surface area contributed by atoms with Crippen LogP contribution in [0, 0.1) is 5.41 Å². The average molecular weight is 353 g/mol. The van der Waals surface area contributed by atoms with E-state index in [1.165, 1.54) is 25.7 Å². The molecule has 0 bridgehead atoms. The van der Waals surface area contributed by atoms with Crippen molar-refractivity contribution < 1.29 is 0 Å². The van der Waals surface area contributed by atoms with Gasteiger partial charge in [-0.1, -0.05) is 19.8 Å². The van der Waals surface area contributed by atoms with Crippen molar-refractivity contribution in [1.82, 2.24) is 10.6 Å². The van der Waals surface area contributed by atoms with E-state index in [9.17, 15) is 0 Å². The first kappa shape index (κ1) is 17.0. The molecule has 0 saturated heterocycles. The Morgan fingerprint density at radius 2 is 1.76 bits per heavy atom. The molecule has 3 nitrogen and oxygen atoms in total. The summed E-state index contributed by atoms with van der Waals surface area (Å²) < 4.78 is 0. The summed E-state index contributed by atoms with van der Waals surface area (Å²) in [6, 6.07) is 0. The van der Waals surface area contributed by atoms with E-state index in [1.807, 2.05) is 7.05 Å². The largest absolute Gasteiger partial charge is 0.356 e. The molecule has 0 aromatic carbocycles. The fraction of sp³-hybridized carbons (Fsp3) is 0.923.